The van der Waals surface area contributed by atoms with Crippen LogP contribution in [0.15, 0.2) is 0 Å². The zero-order valence-electron chi connectivity index (χ0n) is 10.3. The zero-order valence-corrected chi connectivity index (χ0v) is 10.3. The fraction of sp³-hybridized carbons (Fsp3) is 0.923. The lowest BCUT2D eigenvalue weighted by molar-refractivity contribution is -0.142. The van der Waals surface area contributed by atoms with Gasteiger partial charge in [-0.3, -0.25) is 4.79 Å². The minimum Gasteiger partial charge on any atom is -0.340 e. The number of hydrogen-bond acceptors (Lipinski definition) is 2. The van der Waals surface area contributed by atoms with Crippen LogP contribution < -0.4 is 5.73 Å². The van der Waals surface area contributed by atoms with Gasteiger partial charge in [0, 0.05) is 36.4 Å². The molecule has 0 radical (unpaired) electrons. The molecule has 3 saturated carbocycles. The van der Waals surface area contributed by atoms with Crippen LogP contribution in [0.3, 0.4) is 0 Å². The van der Waals surface area contributed by atoms with Crippen molar-refractivity contribution >= 4 is 5.91 Å². The third-order valence-corrected chi connectivity index (χ3v) is 5.84. The summed E-state index contributed by atoms with van der Waals surface area (Å²) in [5, 5.41) is 0. The number of nitrogens with two attached hydrogens (primary N) is 1. The van der Waals surface area contributed by atoms with E-state index in [2.05, 4.69) is 0 Å². The van der Waals surface area contributed by atoms with Crippen molar-refractivity contribution in [2.24, 2.45) is 23.0 Å². The molecule has 1 heterocycles. The van der Waals surface area contributed by atoms with E-state index in [0.717, 1.165) is 19.4 Å². The van der Waals surface area contributed by atoms with Gasteiger partial charge in [0.05, 0.1) is 0 Å². The van der Waals surface area contributed by atoms with Crippen LogP contribution in [0.1, 0.15) is 32.1 Å². The Hall–Kier alpha value is -0.710. The minimum atomic E-state index is -2.50. The molecule has 18 heavy (non-hydrogen) atoms. The smallest absolute Gasteiger partial charge is 0.254 e. The van der Waals surface area contributed by atoms with Crippen molar-refractivity contribution in [3.63, 3.8) is 0 Å². The SMILES string of the molecule is N[C@]12CC[C@H]1CN(C(=O)C1CC3(C1)CC3(F)F)C2. The van der Waals surface area contributed by atoms with Crippen LogP contribution in [0.25, 0.3) is 0 Å². The number of rotatable bonds is 1. The summed E-state index contributed by atoms with van der Waals surface area (Å²) < 4.78 is 26.2. The highest BCUT2D eigenvalue weighted by Crippen LogP contribution is 2.73. The van der Waals surface area contributed by atoms with Crippen LogP contribution in [0.4, 0.5) is 8.78 Å². The summed E-state index contributed by atoms with van der Waals surface area (Å²) in [5.41, 5.74) is 5.23. The van der Waals surface area contributed by atoms with Gasteiger partial charge in [-0.2, -0.15) is 0 Å². The Kier molecular flexibility index (Phi) is 1.79. The van der Waals surface area contributed by atoms with E-state index in [1.54, 1.807) is 0 Å². The highest BCUT2D eigenvalue weighted by atomic mass is 19.3. The monoisotopic (exact) mass is 256 g/mol. The molecule has 0 aromatic carbocycles. The minimum absolute atomic E-state index is 0.00671. The molecule has 1 aliphatic heterocycles. The summed E-state index contributed by atoms with van der Waals surface area (Å²) in [5.74, 6) is -2.15. The van der Waals surface area contributed by atoms with Gasteiger partial charge in [0.25, 0.3) is 5.92 Å². The Balaban J connectivity index is 1.39. The van der Waals surface area contributed by atoms with E-state index in [0.29, 0.717) is 25.3 Å². The van der Waals surface area contributed by atoms with Gasteiger partial charge in [-0.05, 0) is 31.6 Å². The van der Waals surface area contributed by atoms with Crippen molar-refractivity contribution in [1.29, 1.82) is 0 Å². The summed E-state index contributed by atoms with van der Waals surface area (Å²) in [4.78, 5) is 14.1. The van der Waals surface area contributed by atoms with Crippen LogP contribution in [-0.4, -0.2) is 35.4 Å². The van der Waals surface area contributed by atoms with Gasteiger partial charge < -0.3 is 10.6 Å². The Bertz CT molecular complexity index is 433. The first-order valence-electron chi connectivity index (χ1n) is 6.81. The third-order valence-electron chi connectivity index (χ3n) is 5.84. The third kappa shape index (κ3) is 1.19. The van der Waals surface area contributed by atoms with Crippen LogP contribution in [-0.2, 0) is 4.79 Å². The topological polar surface area (TPSA) is 46.3 Å². The average molecular weight is 256 g/mol. The molecule has 1 spiro atoms. The second-order valence-corrected chi connectivity index (χ2v) is 6.95. The molecule has 5 heteroatoms. The standard InChI is InChI=1S/C13H18F2N2O/c14-13(15)6-11(13)3-8(4-11)10(18)17-5-9-1-2-12(9,16)7-17/h8-9H,1-7,16H2/t8?,9-,11?,12-/m0/s1. The fourth-order valence-electron chi connectivity index (χ4n) is 4.19. The Morgan fingerprint density at radius 1 is 1.33 bits per heavy atom. The second kappa shape index (κ2) is 2.89. The highest BCUT2D eigenvalue weighted by molar-refractivity contribution is 5.81. The molecule has 3 nitrogen and oxygen atoms in total. The van der Waals surface area contributed by atoms with Gasteiger partial charge in [0.2, 0.25) is 5.91 Å². The lowest BCUT2D eigenvalue weighted by Gasteiger charge is -2.40. The van der Waals surface area contributed by atoms with E-state index < -0.39 is 11.3 Å². The summed E-state index contributed by atoms with van der Waals surface area (Å²) in [6, 6.07) is 0. The first-order valence-corrected chi connectivity index (χ1v) is 6.81. The molecule has 1 amide bonds. The predicted molar refractivity (Wildman–Crippen MR) is 60.9 cm³/mol. The second-order valence-electron chi connectivity index (χ2n) is 6.95. The van der Waals surface area contributed by atoms with Gasteiger partial charge in [-0.1, -0.05) is 0 Å². The summed E-state index contributed by atoms with van der Waals surface area (Å²) >= 11 is 0. The fourth-order valence-corrected chi connectivity index (χ4v) is 4.19. The number of amides is 1. The zero-order chi connectivity index (χ0) is 12.8. The van der Waals surface area contributed by atoms with Crippen molar-refractivity contribution in [3.8, 4) is 0 Å². The first kappa shape index (κ1) is 11.1. The van der Waals surface area contributed by atoms with Crippen LogP contribution >= 0.6 is 0 Å². The van der Waals surface area contributed by atoms with E-state index in [4.69, 9.17) is 5.73 Å². The molecule has 4 fully saturated rings. The van der Waals surface area contributed by atoms with Crippen LogP contribution in [0, 0.1) is 17.3 Å². The number of halogens is 2. The van der Waals surface area contributed by atoms with Gasteiger partial charge >= 0.3 is 0 Å². The van der Waals surface area contributed by atoms with Gasteiger partial charge in [-0.15, -0.1) is 0 Å². The van der Waals surface area contributed by atoms with E-state index in [1.165, 1.54) is 0 Å². The maximum absolute atomic E-state index is 13.1. The molecular formula is C13H18F2N2O. The molecule has 3 aliphatic carbocycles. The molecular weight excluding hydrogens is 238 g/mol. The summed E-state index contributed by atoms with van der Waals surface area (Å²) in [6.07, 6.45) is 2.86. The molecule has 0 aromatic rings. The molecule has 4 aliphatic rings. The molecule has 0 bridgehead atoms. The van der Waals surface area contributed by atoms with Crippen LogP contribution in [0.2, 0.25) is 0 Å². The molecule has 0 unspecified atom stereocenters. The number of likely N-dealkylation sites (tertiary alicyclic amines) is 1. The highest BCUT2D eigenvalue weighted by Gasteiger charge is 2.76. The van der Waals surface area contributed by atoms with Crippen molar-refractivity contribution in [3.05, 3.63) is 0 Å². The van der Waals surface area contributed by atoms with Crippen molar-refractivity contribution in [2.45, 2.75) is 43.6 Å². The Morgan fingerprint density at radius 2 is 2.00 bits per heavy atom. The van der Waals surface area contributed by atoms with Gasteiger partial charge in [0.15, 0.2) is 0 Å². The molecule has 2 atom stereocenters. The van der Waals surface area contributed by atoms with Crippen molar-refractivity contribution in [2.75, 3.05) is 13.1 Å². The van der Waals surface area contributed by atoms with Gasteiger partial charge in [-0.25, -0.2) is 8.78 Å². The quantitative estimate of drug-likeness (QED) is 0.770. The Labute approximate surface area is 105 Å². The number of nitrogens with zero attached hydrogens (tertiary/aromatic N) is 1. The molecule has 100 valence electrons. The summed E-state index contributed by atoms with van der Waals surface area (Å²) in [6.45, 7) is 1.38. The van der Waals surface area contributed by atoms with Crippen molar-refractivity contribution < 1.29 is 13.6 Å². The van der Waals surface area contributed by atoms with E-state index in [9.17, 15) is 13.6 Å². The molecule has 0 aromatic heterocycles. The maximum Gasteiger partial charge on any atom is 0.254 e. The number of alkyl halides is 2. The van der Waals surface area contributed by atoms with Crippen LogP contribution in [0.5, 0.6) is 0 Å². The average Bonchev–Trinajstić information content (AvgIpc) is 2.74. The molecule has 2 N–H and O–H groups in total. The number of carbonyl (C=O) groups excluding carboxylic acids is 1. The van der Waals surface area contributed by atoms with E-state index in [-0.39, 0.29) is 23.8 Å². The molecule has 1 saturated heterocycles. The number of fused-ring (bicyclic) bond motifs is 1. The molecule has 4 rings (SSSR count). The summed E-state index contributed by atoms with van der Waals surface area (Å²) in [7, 11) is 0. The first-order chi connectivity index (χ1) is 8.35. The maximum atomic E-state index is 13.1. The Morgan fingerprint density at radius 3 is 2.39 bits per heavy atom. The normalized spacial score (nSPS) is 51.6. The lowest BCUT2D eigenvalue weighted by atomic mass is 9.70. The predicted octanol–water partition coefficient (Wildman–Crippen LogP) is 1.37. The number of carbonyl (C=O) groups is 1. The van der Waals surface area contributed by atoms with Crippen molar-refractivity contribution in [1.82, 2.24) is 4.90 Å². The van der Waals surface area contributed by atoms with E-state index >= 15 is 0 Å². The lowest BCUT2D eigenvalue weighted by Crippen LogP contribution is -2.55. The largest absolute Gasteiger partial charge is 0.340 e. The number of hydrogen-bond donors (Lipinski definition) is 1. The van der Waals surface area contributed by atoms with Gasteiger partial charge in [0.1, 0.15) is 0 Å². The van der Waals surface area contributed by atoms with E-state index in [1.807, 2.05) is 4.90 Å².